The van der Waals surface area contributed by atoms with E-state index < -0.39 is 42.0 Å². The molecule has 51 heavy (non-hydrogen) atoms. The van der Waals surface area contributed by atoms with Crippen LogP contribution in [0.2, 0.25) is 0 Å². The van der Waals surface area contributed by atoms with Gasteiger partial charge in [0.05, 0.1) is 6.10 Å². The van der Waals surface area contributed by atoms with Crippen molar-refractivity contribution in [1.29, 1.82) is 0 Å². The standard InChI is InChI=1S/C34H32N8O7S2/c1-5-15(2)23-28(45)35-16(3)27(44)41-24(17(4)43)32-36-19(11-48-32)30-37-20(12-47-30)33-39-22(14-51-33)34-38-21(13-50-34)31-42-25(29(46)40-23)26(49-31)18-9-7-6-8-10-18/h6-17,23-24,43H,5H2,1-4H3,(H,35,45)(H,40,46)(H,41,44)/t15-,16-,17+,23+,24?/m0/s1. The molecule has 1 aliphatic rings. The van der Waals surface area contributed by atoms with Crippen molar-refractivity contribution in [3.05, 3.63) is 65.2 Å². The number of thiazole rings is 2. The predicted octanol–water partition coefficient (Wildman–Crippen LogP) is 5.10. The summed E-state index contributed by atoms with van der Waals surface area (Å²) < 4.78 is 17.5. The van der Waals surface area contributed by atoms with E-state index in [1.54, 1.807) is 17.5 Å². The second kappa shape index (κ2) is 14.0. The predicted molar refractivity (Wildman–Crippen MR) is 186 cm³/mol. The first-order chi connectivity index (χ1) is 24.6. The lowest BCUT2D eigenvalue weighted by Gasteiger charge is -2.26. The molecule has 5 aromatic heterocycles. The number of carbonyl (C=O) groups is 3. The van der Waals surface area contributed by atoms with E-state index >= 15 is 0 Å². The fourth-order valence-corrected chi connectivity index (χ4v) is 6.89. The van der Waals surface area contributed by atoms with Gasteiger partial charge in [0.1, 0.15) is 57.7 Å². The number of aliphatic hydroxyl groups is 1. The molecular weight excluding hydrogens is 697 g/mol. The third-order valence-corrected chi connectivity index (χ3v) is 10.1. The van der Waals surface area contributed by atoms with Crippen molar-refractivity contribution in [2.24, 2.45) is 5.92 Å². The summed E-state index contributed by atoms with van der Waals surface area (Å²) in [7, 11) is 0. The fraction of sp³-hybridized carbons (Fsp3) is 0.294. The number of aliphatic hydroxyl groups excluding tert-OH is 1. The number of hydrogen-bond acceptors (Lipinski definition) is 14. The Morgan fingerprint density at radius 1 is 0.784 bits per heavy atom. The summed E-state index contributed by atoms with van der Waals surface area (Å²) in [4.78, 5) is 63.9. The monoisotopic (exact) mass is 728 g/mol. The molecule has 3 amide bonds. The zero-order valence-electron chi connectivity index (χ0n) is 27.7. The first kappa shape index (κ1) is 34.0. The average Bonchev–Trinajstić information content (AvgIpc) is 3.97. The van der Waals surface area contributed by atoms with E-state index in [4.69, 9.17) is 23.2 Å². The lowest BCUT2D eigenvalue weighted by Crippen LogP contribution is -2.55. The molecule has 0 aliphatic carbocycles. The SMILES string of the molecule is CC[C@H](C)[C@H]1NC(=O)c2nc(oc2-c2ccccc2)-c2csc(n2)-c2csc(n2)-c2coc(n2)-c2coc(n2)C([C@@H](C)O)NC(=O)[C@H](C)NC1=O. The first-order valence-corrected chi connectivity index (χ1v) is 17.8. The Morgan fingerprint density at radius 3 is 2.24 bits per heavy atom. The Labute approximate surface area is 298 Å². The first-order valence-electron chi connectivity index (χ1n) is 16.1. The van der Waals surface area contributed by atoms with Gasteiger partial charge in [0.25, 0.3) is 5.91 Å². The van der Waals surface area contributed by atoms with Gasteiger partial charge in [-0.05, 0) is 19.8 Å². The normalized spacial score (nSPS) is 19.4. The van der Waals surface area contributed by atoms with Gasteiger partial charge in [-0.3, -0.25) is 14.4 Å². The Balaban J connectivity index is 1.30. The molecule has 6 heterocycles. The van der Waals surface area contributed by atoms with Crippen molar-refractivity contribution in [3.63, 3.8) is 0 Å². The van der Waals surface area contributed by atoms with Crippen LogP contribution in [0.25, 0.3) is 55.9 Å². The van der Waals surface area contributed by atoms with Gasteiger partial charge in [-0.25, -0.2) is 24.9 Å². The highest BCUT2D eigenvalue weighted by atomic mass is 32.1. The number of oxazole rings is 3. The molecule has 0 fully saturated rings. The lowest BCUT2D eigenvalue weighted by molar-refractivity contribution is -0.131. The summed E-state index contributed by atoms with van der Waals surface area (Å²) in [6.07, 6.45) is 2.16. The molecule has 1 aromatic carbocycles. The number of aromatic nitrogens is 5. The second-order valence-electron chi connectivity index (χ2n) is 12.0. The second-order valence-corrected chi connectivity index (χ2v) is 13.8. The smallest absolute Gasteiger partial charge is 0.274 e. The number of nitrogens with zero attached hydrogens (tertiary/aromatic N) is 5. The van der Waals surface area contributed by atoms with Crippen LogP contribution in [-0.4, -0.2) is 65.9 Å². The van der Waals surface area contributed by atoms with E-state index in [-0.39, 0.29) is 40.7 Å². The third-order valence-electron chi connectivity index (χ3n) is 8.37. The van der Waals surface area contributed by atoms with Gasteiger partial charge < -0.3 is 34.3 Å². The summed E-state index contributed by atoms with van der Waals surface area (Å²) in [6.45, 7) is 6.66. The molecule has 0 radical (unpaired) electrons. The van der Waals surface area contributed by atoms with E-state index in [1.807, 2.05) is 37.4 Å². The van der Waals surface area contributed by atoms with Crippen LogP contribution >= 0.6 is 22.7 Å². The van der Waals surface area contributed by atoms with Crippen LogP contribution in [0, 0.1) is 5.92 Å². The maximum atomic E-state index is 14.0. The zero-order chi connectivity index (χ0) is 35.8. The number of rotatable bonds is 4. The number of benzene rings is 1. The third kappa shape index (κ3) is 6.82. The molecule has 0 saturated carbocycles. The maximum Gasteiger partial charge on any atom is 0.274 e. The van der Waals surface area contributed by atoms with Crippen molar-refractivity contribution in [2.75, 3.05) is 0 Å². The Morgan fingerprint density at radius 2 is 1.49 bits per heavy atom. The number of fused-ring (bicyclic) bond motifs is 14. The van der Waals surface area contributed by atoms with Gasteiger partial charge >= 0.3 is 0 Å². The van der Waals surface area contributed by atoms with Crippen LogP contribution in [0.4, 0.5) is 0 Å². The molecule has 262 valence electrons. The average molecular weight is 729 g/mol. The molecule has 4 N–H and O–H groups in total. The molecular formula is C34H32N8O7S2. The van der Waals surface area contributed by atoms with E-state index in [0.717, 1.165) is 0 Å². The number of hydrogen-bond donors (Lipinski definition) is 4. The van der Waals surface area contributed by atoms with E-state index in [0.29, 0.717) is 39.1 Å². The minimum absolute atomic E-state index is 0.00291. The van der Waals surface area contributed by atoms with Crippen LogP contribution in [0.5, 0.6) is 0 Å². The highest BCUT2D eigenvalue weighted by Crippen LogP contribution is 2.35. The maximum absolute atomic E-state index is 14.0. The number of nitrogens with one attached hydrogen (secondary N) is 3. The van der Waals surface area contributed by atoms with Crippen LogP contribution in [0.15, 0.2) is 66.9 Å². The molecule has 1 unspecified atom stereocenters. The summed E-state index contributed by atoms with van der Waals surface area (Å²) in [6, 6.07) is 5.85. The van der Waals surface area contributed by atoms with Crippen LogP contribution in [0.1, 0.15) is 56.5 Å². The van der Waals surface area contributed by atoms with E-state index in [2.05, 4.69) is 30.9 Å². The van der Waals surface area contributed by atoms with Crippen LogP contribution in [-0.2, 0) is 9.59 Å². The highest BCUT2D eigenvalue weighted by Gasteiger charge is 2.33. The van der Waals surface area contributed by atoms with E-state index in [9.17, 15) is 19.5 Å². The number of carbonyl (C=O) groups excluding carboxylic acids is 3. The van der Waals surface area contributed by atoms with Crippen molar-refractivity contribution in [2.45, 2.75) is 58.3 Å². The van der Waals surface area contributed by atoms with Gasteiger partial charge in [-0.15, -0.1) is 22.7 Å². The van der Waals surface area contributed by atoms with Crippen molar-refractivity contribution < 1.29 is 32.7 Å². The summed E-state index contributed by atoms with van der Waals surface area (Å²) in [5, 5.41) is 23.5. The quantitative estimate of drug-likeness (QED) is 0.187. The summed E-state index contributed by atoms with van der Waals surface area (Å²) in [5.41, 5.74) is 2.25. The molecule has 10 bridgehead atoms. The van der Waals surface area contributed by atoms with Gasteiger partial charge in [0, 0.05) is 16.3 Å². The van der Waals surface area contributed by atoms with E-state index in [1.165, 1.54) is 49.0 Å². The minimum Gasteiger partial charge on any atom is -0.446 e. The van der Waals surface area contributed by atoms with Gasteiger partial charge in [-0.2, -0.15) is 0 Å². The number of amides is 3. The van der Waals surface area contributed by atoms with Gasteiger partial charge in [-0.1, -0.05) is 50.6 Å². The summed E-state index contributed by atoms with van der Waals surface area (Å²) >= 11 is 2.67. The lowest BCUT2D eigenvalue weighted by atomic mass is 9.97. The van der Waals surface area contributed by atoms with Crippen LogP contribution in [0.3, 0.4) is 0 Å². The van der Waals surface area contributed by atoms with Crippen molar-refractivity contribution >= 4 is 40.4 Å². The minimum atomic E-state index is -1.12. The molecule has 1 aliphatic heterocycles. The topological polar surface area (TPSA) is 211 Å². The molecule has 7 rings (SSSR count). The van der Waals surface area contributed by atoms with Gasteiger partial charge in [0.2, 0.25) is 29.5 Å². The molecule has 6 aromatic rings. The van der Waals surface area contributed by atoms with Crippen molar-refractivity contribution in [3.8, 4) is 55.9 Å². The van der Waals surface area contributed by atoms with Gasteiger partial charge in [0.15, 0.2) is 17.1 Å². The summed E-state index contributed by atoms with van der Waals surface area (Å²) in [5.74, 6) is -1.71. The molecule has 0 spiro atoms. The Bertz CT molecular complexity index is 2200. The Kier molecular flexibility index (Phi) is 9.33. The largest absolute Gasteiger partial charge is 0.446 e. The zero-order valence-corrected chi connectivity index (χ0v) is 29.4. The molecule has 5 atom stereocenters. The fourth-order valence-electron chi connectivity index (χ4n) is 5.31. The van der Waals surface area contributed by atoms with Crippen molar-refractivity contribution in [1.82, 2.24) is 40.9 Å². The molecule has 17 heteroatoms. The van der Waals surface area contributed by atoms with Crippen LogP contribution < -0.4 is 16.0 Å². The highest BCUT2D eigenvalue weighted by molar-refractivity contribution is 7.15. The molecule has 0 saturated heterocycles. The Hall–Kier alpha value is -5.52. The molecule has 15 nitrogen and oxygen atoms in total.